The third kappa shape index (κ3) is 3.43. The number of nitrogens with zero attached hydrogens (tertiary/aromatic N) is 1. The summed E-state index contributed by atoms with van der Waals surface area (Å²) >= 11 is 1.64. The van der Waals surface area contributed by atoms with Gasteiger partial charge in [-0.1, -0.05) is 13.8 Å². The SMILES string of the molecule is CCN(CC)CCC(=O)c1ccsc1C. The minimum absolute atomic E-state index is 0.278. The minimum atomic E-state index is 0.278. The van der Waals surface area contributed by atoms with Gasteiger partial charge in [0.05, 0.1) is 0 Å². The second-order valence-corrected chi connectivity index (χ2v) is 4.71. The number of hydrogen-bond acceptors (Lipinski definition) is 3. The minimum Gasteiger partial charge on any atom is -0.303 e. The average Bonchev–Trinajstić information content (AvgIpc) is 2.66. The third-order valence-corrected chi connectivity index (χ3v) is 3.55. The van der Waals surface area contributed by atoms with Gasteiger partial charge in [0, 0.05) is 23.4 Å². The first-order valence-corrected chi connectivity index (χ1v) is 6.36. The zero-order chi connectivity index (χ0) is 11.3. The van der Waals surface area contributed by atoms with E-state index in [1.807, 2.05) is 18.4 Å². The van der Waals surface area contributed by atoms with Crippen molar-refractivity contribution in [3.8, 4) is 0 Å². The molecule has 1 heterocycles. The Kier molecular flexibility index (Phi) is 4.99. The quantitative estimate of drug-likeness (QED) is 0.694. The van der Waals surface area contributed by atoms with Gasteiger partial charge in [-0.25, -0.2) is 0 Å². The Balaban J connectivity index is 2.47. The monoisotopic (exact) mass is 225 g/mol. The lowest BCUT2D eigenvalue weighted by atomic mass is 10.1. The number of Topliss-reactive ketones (excluding diaryl/α,β-unsaturated/α-hetero) is 1. The van der Waals surface area contributed by atoms with Gasteiger partial charge in [-0.05, 0) is 31.5 Å². The van der Waals surface area contributed by atoms with Crippen LogP contribution in [-0.2, 0) is 0 Å². The fourth-order valence-electron chi connectivity index (χ4n) is 1.61. The van der Waals surface area contributed by atoms with Crippen molar-refractivity contribution in [2.24, 2.45) is 0 Å². The Bertz CT molecular complexity index is 315. The first-order chi connectivity index (χ1) is 7.19. The van der Waals surface area contributed by atoms with Crippen LogP contribution in [-0.4, -0.2) is 30.3 Å². The highest BCUT2D eigenvalue weighted by molar-refractivity contribution is 7.10. The van der Waals surface area contributed by atoms with Crippen LogP contribution in [0.25, 0.3) is 0 Å². The molecule has 15 heavy (non-hydrogen) atoms. The Morgan fingerprint density at radius 2 is 2.07 bits per heavy atom. The number of ketones is 1. The summed E-state index contributed by atoms with van der Waals surface area (Å²) in [4.78, 5) is 15.3. The van der Waals surface area contributed by atoms with Gasteiger partial charge >= 0.3 is 0 Å². The molecular weight excluding hydrogens is 206 g/mol. The largest absolute Gasteiger partial charge is 0.303 e. The van der Waals surface area contributed by atoms with Gasteiger partial charge in [0.15, 0.2) is 5.78 Å². The van der Waals surface area contributed by atoms with Crippen molar-refractivity contribution in [2.75, 3.05) is 19.6 Å². The van der Waals surface area contributed by atoms with Crippen LogP contribution < -0.4 is 0 Å². The van der Waals surface area contributed by atoms with Crippen LogP contribution in [0.5, 0.6) is 0 Å². The van der Waals surface area contributed by atoms with Crippen molar-refractivity contribution < 1.29 is 4.79 Å². The van der Waals surface area contributed by atoms with E-state index in [0.29, 0.717) is 6.42 Å². The van der Waals surface area contributed by atoms with E-state index in [1.165, 1.54) is 0 Å². The molecule has 0 amide bonds. The number of rotatable bonds is 6. The topological polar surface area (TPSA) is 20.3 Å². The van der Waals surface area contributed by atoms with Crippen molar-refractivity contribution in [1.82, 2.24) is 4.90 Å². The van der Waals surface area contributed by atoms with E-state index in [-0.39, 0.29) is 5.78 Å². The number of hydrogen-bond donors (Lipinski definition) is 0. The highest BCUT2D eigenvalue weighted by Crippen LogP contribution is 2.16. The molecule has 84 valence electrons. The highest BCUT2D eigenvalue weighted by Gasteiger charge is 2.10. The van der Waals surface area contributed by atoms with Crippen LogP contribution in [0, 0.1) is 6.92 Å². The maximum Gasteiger partial charge on any atom is 0.165 e. The summed E-state index contributed by atoms with van der Waals surface area (Å²) in [5.74, 6) is 0.278. The predicted molar refractivity (Wildman–Crippen MR) is 65.8 cm³/mol. The van der Waals surface area contributed by atoms with E-state index in [1.54, 1.807) is 11.3 Å². The second kappa shape index (κ2) is 6.03. The van der Waals surface area contributed by atoms with Crippen molar-refractivity contribution in [1.29, 1.82) is 0 Å². The molecular formula is C12H19NOS. The van der Waals surface area contributed by atoms with E-state index in [9.17, 15) is 4.79 Å². The molecule has 1 aromatic heterocycles. The summed E-state index contributed by atoms with van der Waals surface area (Å²) in [5, 5.41) is 1.99. The van der Waals surface area contributed by atoms with Crippen LogP contribution in [0.15, 0.2) is 11.4 Å². The Hall–Kier alpha value is -0.670. The Labute approximate surface area is 95.9 Å². The summed E-state index contributed by atoms with van der Waals surface area (Å²) < 4.78 is 0. The lowest BCUT2D eigenvalue weighted by molar-refractivity contribution is 0.0966. The van der Waals surface area contributed by atoms with Gasteiger partial charge in [-0.2, -0.15) is 0 Å². The van der Waals surface area contributed by atoms with Crippen LogP contribution >= 0.6 is 11.3 Å². The lowest BCUT2D eigenvalue weighted by Crippen LogP contribution is -2.25. The van der Waals surface area contributed by atoms with Crippen molar-refractivity contribution >= 4 is 17.1 Å². The molecule has 0 saturated heterocycles. The molecule has 1 rings (SSSR count). The fourth-order valence-corrected chi connectivity index (χ4v) is 2.33. The summed E-state index contributed by atoms with van der Waals surface area (Å²) in [6.45, 7) is 9.18. The molecule has 0 bridgehead atoms. The molecule has 0 aliphatic carbocycles. The summed E-state index contributed by atoms with van der Waals surface area (Å²) in [5.41, 5.74) is 0.909. The van der Waals surface area contributed by atoms with Gasteiger partial charge in [0.2, 0.25) is 0 Å². The first kappa shape index (κ1) is 12.4. The van der Waals surface area contributed by atoms with Crippen LogP contribution in [0.3, 0.4) is 0 Å². The standard InChI is InChI=1S/C12H19NOS/c1-4-13(5-2)8-6-12(14)11-7-9-15-10(11)3/h7,9H,4-6,8H2,1-3H3. The number of carbonyl (C=O) groups is 1. The summed E-state index contributed by atoms with van der Waals surface area (Å²) in [6.07, 6.45) is 0.638. The molecule has 0 atom stereocenters. The van der Waals surface area contributed by atoms with E-state index in [4.69, 9.17) is 0 Å². The molecule has 0 spiro atoms. The van der Waals surface area contributed by atoms with E-state index in [2.05, 4.69) is 18.7 Å². The molecule has 1 aromatic rings. The zero-order valence-electron chi connectivity index (χ0n) is 9.75. The van der Waals surface area contributed by atoms with Gasteiger partial charge in [-0.3, -0.25) is 4.79 Å². The maximum absolute atomic E-state index is 11.8. The molecule has 0 fully saturated rings. The maximum atomic E-state index is 11.8. The Morgan fingerprint density at radius 1 is 1.40 bits per heavy atom. The van der Waals surface area contributed by atoms with E-state index < -0.39 is 0 Å². The number of carbonyl (C=O) groups excluding carboxylic acids is 1. The molecule has 0 unspecified atom stereocenters. The predicted octanol–water partition coefficient (Wildman–Crippen LogP) is 2.97. The lowest BCUT2D eigenvalue weighted by Gasteiger charge is -2.16. The van der Waals surface area contributed by atoms with Gasteiger partial charge in [0.25, 0.3) is 0 Å². The van der Waals surface area contributed by atoms with Gasteiger partial charge < -0.3 is 4.90 Å². The normalized spacial score (nSPS) is 10.9. The van der Waals surface area contributed by atoms with E-state index in [0.717, 1.165) is 30.1 Å². The number of aryl methyl sites for hydroxylation is 1. The van der Waals surface area contributed by atoms with Crippen molar-refractivity contribution in [3.05, 3.63) is 21.9 Å². The van der Waals surface area contributed by atoms with Crippen LogP contribution in [0.4, 0.5) is 0 Å². The third-order valence-electron chi connectivity index (χ3n) is 2.71. The van der Waals surface area contributed by atoms with E-state index >= 15 is 0 Å². The summed E-state index contributed by atoms with van der Waals surface area (Å²) in [7, 11) is 0. The van der Waals surface area contributed by atoms with Crippen LogP contribution in [0.1, 0.15) is 35.5 Å². The molecule has 0 aliphatic rings. The molecule has 0 saturated carbocycles. The zero-order valence-corrected chi connectivity index (χ0v) is 10.6. The molecule has 0 N–H and O–H groups in total. The molecule has 2 nitrogen and oxygen atoms in total. The second-order valence-electron chi connectivity index (χ2n) is 3.59. The molecule has 0 radical (unpaired) electrons. The molecule has 3 heteroatoms. The highest BCUT2D eigenvalue weighted by atomic mass is 32.1. The fraction of sp³-hybridized carbons (Fsp3) is 0.583. The Morgan fingerprint density at radius 3 is 2.53 bits per heavy atom. The van der Waals surface area contributed by atoms with Crippen molar-refractivity contribution in [3.63, 3.8) is 0 Å². The molecule has 0 aromatic carbocycles. The van der Waals surface area contributed by atoms with Crippen LogP contribution in [0.2, 0.25) is 0 Å². The number of thiophene rings is 1. The average molecular weight is 225 g/mol. The smallest absolute Gasteiger partial charge is 0.165 e. The van der Waals surface area contributed by atoms with Gasteiger partial charge in [0.1, 0.15) is 0 Å². The van der Waals surface area contributed by atoms with Gasteiger partial charge in [-0.15, -0.1) is 11.3 Å². The first-order valence-electron chi connectivity index (χ1n) is 5.48. The van der Waals surface area contributed by atoms with Crippen molar-refractivity contribution in [2.45, 2.75) is 27.2 Å². The summed E-state index contributed by atoms with van der Waals surface area (Å²) in [6, 6.07) is 1.94. The molecule has 0 aliphatic heterocycles.